The number of carbonyl (C=O) groups is 1. The van der Waals surface area contributed by atoms with E-state index in [1.165, 1.54) is 37.1 Å². The van der Waals surface area contributed by atoms with Crippen LogP contribution in [0.1, 0.15) is 10.5 Å². The summed E-state index contributed by atoms with van der Waals surface area (Å²) < 4.78 is 32.7. The van der Waals surface area contributed by atoms with E-state index in [9.17, 15) is 13.6 Å². The summed E-state index contributed by atoms with van der Waals surface area (Å²) in [4.78, 5) is 23.2. The first kappa shape index (κ1) is 15.5. The largest absolute Gasteiger partial charge is 0.454 e. The first-order valence-corrected chi connectivity index (χ1v) is 6.77. The molecule has 8 heteroatoms. The minimum Gasteiger partial charge on any atom is -0.454 e. The summed E-state index contributed by atoms with van der Waals surface area (Å²) in [5.41, 5.74) is -0.294. The van der Waals surface area contributed by atoms with Crippen LogP contribution in [0.15, 0.2) is 55.2 Å². The number of anilines is 1. The lowest BCUT2D eigenvalue weighted by Gasteiger charge is -2.09. The molecule has 24 heavy (non-hydrogen) atoms. The smallest absolute Gasteiger partial charge is 0.277 e. The van der Waals surface area contributed by atoms with Crippen LogP contribution >= 0.6 is 0 Å². The molecule has 0 saturated carbocycles. The quantitative estimate of drug-likeness (QED) is 0.796. The van der Waals surface area contributed by atoms with Gasteiger partial charge in [-0.25, -0.2) is 23.7 Å². The lowest BCUT2D eigenvalue weighted by Crippen LogP contribution is -2.15. The number of nitrogens with zero attached hydrogens (tertiary/aromatic N) is 3. The normalized spacial score (nSPS) is 10.2. The molecular formula is C16H10F2N4O2. The Morgan fingerprint density at radius 3 is 2.62 bits per heavy atom. The van der Waals surface area contributed by atoms with Crippen LogP contribution in [-0.2, 0) is 0 Å². The van der Waals surface area contributed by atoms with Gasteiger partial charge in [0, 0.05) is 24.0 Å². The van der Waals surface area contributed by atoms with Gasteiger partial charge in [0.15, 0.2) is 17.3 Å². The minimum atomic E-state index is -0.798. The van der Waals surface area contributed by atoms with E-state index in [0.717, 1.165) is 18.2 Å². The Balaban J connectivity index is 1.81. The van der Waals surface area contributed by atoms with Gasteiger partial charge in [0.1, 0.15) is 17.9 Å². The topological polar surface area (TPSA) is 77.0 Å². The Morgan fingerprint density at radius 1 is 1.08 bits per heavy atom. The van der Waals surface area contributed by atoms with Crippen molar-refractivity contribution in [2.45, 2.75) is 0 Å². The highest BCUT2D eigenvalue weighted by Crippen LogP contribution is 2.25. The molecule has 6 nitrogen and oxygen atoms in total. The second kappa shape index (κ2) is 6.78. The summed E-state index contributed by atoms with van der Waals surface area (Å²) in [6, 6.07) is 6.06. The maximum atomic E-state index is 13.7. The van der Waals surface area contributed by atoms with E-state index in [0.29, 0.717) is 5.75 Å². The summed E-state index contributed by atoms with van der Waals surface area (Å²) in [5.74, 6) is -1.78. The average Bonchev–Trinajstić information content (AvgIpc) is 2.55. The Morgan fingerprint density at radius 2 is 1.88 bits per heavy atom. The van der Waals surface area contributed by atoms with Gasteiger partial charge in [-0.1, -0.05) is 0 Å². The summed E-state index contributed by atoms with van der Waals surface area (Å²) in [5, 5.41) is 2.37. The summed E-state index contributed by atoms with van der Waals surface area (Å²) in [7, 11) is 0. The zero-order valence-electron chi connectivity index (χ0n) is 12.1. The molecule has 0 aliphatic rings. The van der Waals surface area contributed by atoms with Gasteiger partial charge >= 0.3 is 0 Å². The number of aromatic nitrogens is 3. The molecule has 0 bridgehead atoms. The van der Waals surface area contributed by atoms with Gasteiger partial charge in [-0.2, -0.15) is 0 Å². The highest BCUT2D eigenvalue weighted by Gasteiger charge is 2.14. The van der Waals surface area contributed by atoms with Gasteiger partial charge in [-0.3, -0.25) is 4.79 Å². The van der Waals surface area contributed by atoms with Crippen molar-refractivity contribution in [1.82, 2.24) is 15.0 Å². The van der Waals surface area contributed by atoms with Crippen molar-refractivity contribution < 1.29 is 18.3 Å². The van der Waals surface area contributed by atoms with Crippen molar-refractivity contribution in [3.05, 3.63) is 72.6 Å². The molecule has 1 aromatic carbocycles. The molecule has 120 valence electrons. The molecule has 0 spiro atoms. The number of amides is 1. The molecule has 3 rings (SSSR count). The maximum Gasteiger partial charge on any atom is 0.277 e. The van der Waals surface area contributed by atoms with Gasteiger partial charge in [0.2, 0.25) is 0 Å². The number of halogens is 2. The van der Waals surface area contributed by atoms with Gasteiger partial charge in [-0.15, -0.1) is 0 Å². The number of nitrogens with one attached hydrogen (secondary N) is 1. The highest BCUT2D eigenvalue weighted by molar-refractivity contribution is 6.03. The van der Waals surface area contributed by atoms with Gasteiger partial charge in [0.25, 0.3) is 5.91 Å². The molecule has 1 amide bonds. The lowest BCUT2D eigenvalue weighted by molar-refractivity contribution is 0.101. The van der Waals surface area contributed by atoms with Crippen LogP contribution in [0.5, 0.6) is 11.5 Å². The van der Waals surface area contributed by atoms with Gasteiger partial charge < -0.3 is 10.1 Å². The second-order valence-corrected chi connectivity index (χ2v) is 4.64. The zero-order valence-corrected chi connectivity index (χ0v) is 12.1. The number of carbonyl (C=O) groups excluding carboxylic acids is 1. The average molecular weight is 328 g/mol. The van der Waals surface area contributed by atoms with E-state index in [1.807, 2.05) is 0 Å². The number of benzene rings is 1. The fourth-order valence-electron chi connectivity index (χ4n) is 1.91. The highest BCUT2D eigenvalue weighted by atomic mass is 19.1. The van der Waals surface area contributed by atoms with Gasteiger partial charge in [0.05, 0.1) is 12.4 Å². The molecule has 0 saturated heterocycles. The van der Waals surface area contributed by atoms with Crippen molar-refractivity contribution >= 4 is 11.6 Å². The van der Waals surface area contributed by atoms with E-state index < -0.39 is 17.5 Å². The number of hydrogen-bond donors (Lipinski definition) is 1. The maximum absolute atomic E-state index is 13.7. The van der Waals surface area contributed by atoms with E-state index in [2.05, 4.69) is 20.3 Å². The molecule has 0 atom stereocenters. The van der Waals surface area contributed by atoms with E-state index >= 15 is 0 Å². The van der Waals surface area contributed by atoms with Crippen LogP contribution in [0.2, 0.25) is 0 Å². The Kier molecular flexibility index (Phi) is 4.37. The molecule has 2 heterocycles. The van der Waals surface area contributed by atoms with Crippen molar-refractivity contribution in [3.63, 3.8) is 0 Å². The summed E-state index contributed by atoms with van der Waals surface area (Å²) in [6.07, 6.45) is 5.41. The van der Waals surface area contributed by atoms with E-state index in [1.54, 1.807) is 0 Å². The molecule has 1 N–H and O–H groups in total. The number of rotatable bonds is 4. The first-order valence-electron chi connectivity index (χ1n) is 6.77. The van der Waals surface area contributed by atoms with Crippen molar-refractivity contribution in [1.29, 1.82) is 0 Å². The van der Waals surface area contributed by atoms with E-state index in [-0.39, 0.29) is 17.1 Å². The standard InChI is InChI=1S/C16H10F2N4O2/c17-10-4-11(22-16(23)15-14(18)2-1-3-21-15)6-12(5-10)24-13-7-19-9-20-8-13/h1-9H,(H,22,23). The number of pyridine rings is 1. The molecule has 0 unspecified atom stereocenters. The predicted octanol–water partition coefficient (Wildman–Crippen LogP) is 3.19. The monoisotopic (exact) mass is 328 g/mol. The predicted molar refractivity (Wildman–Crippen MR) is 80.7 cm³/mol. The SMILES string of the molecule is O=C(Nc1cc(F)cc(Oc2cncnc2)c1)c1ncccc1F. The summed E-state index contributed by atoms with van der Waals surface area (Å²) in [6.45, 7) is 0. The molecule has 3 aromatic rings. The number of hydrogen-bond acceptors (Lipinski definition) is 5. The van der Waals surface area contributed by atoms with E-state index in [4.69, 9.17) is 4.74 Å². The second-order valence-electron chi connectivity index (χ2n) is 4.64. The van der Waals surface area contributed by atoms with Crippen LogP contribution in [0.3, 0.4) is 0 Å². The third-order valence-electron chi connectivity index (χ3n) is 2.88. The molecule has 0 aliphatic heterocycles. The fourth-order valence-corrected chi connectivity index (χ4v) is 1.91. The zero-order chi connectivity index (χ0) is 16.9. The molecule has 0 radical (unpaired) electrons. The number of ether oxygens (including phenoxy) is 1. The lowest BCUT2D eigenvalue weighted by atomic mass is 10.2. The minimum absolute atomic E-state index is 0.0944. The van der Waals surface area contributed by atoms with Crippen LogP contribution in [-0.4, -0.2) is 20.9 Å². The molecular weight excluding hydrogens is 318 g/mol. The first-order chi connectivity index (χ1) is 11.6. The Hall–Kier alpha value is -3.42. The van der Waals surface area contributed by atoms with Crippen molar-refractivity contribution in [2.75, 3.05) is 5.32 Å². The summed E-state index contributed by atoms with van der Waals surface area (Å²) >= 11 is 0. The molecule has 2 aromatic heterocycles. The Bertz CT molecular complexity index is 875. The van der Waals surface area contributed by atoms with Crippen LogP contribution in [0, 0.1) is 11.6 Å². The third-order valence-corrected chi connectivity index (χ3v) is 2.88. The Labute approximate surface area is 135 Å². The fraction of sp³-hybridized carbons (Fsp3) is 0. The molecule has 0 fully saturated rings. The third kappa shape index (κ3) is 3.67. The van der Waals surface area contributed by atoms with Crippen molar-refractivity contribution in [3.8, 4) is 11.5 Å². The van der Waals surface area contributed by atoms with Crippen LogP contribution in [0.4, 0.5) is 14.5 Å². The van der Waals surface area contributed by atoms with Gasteiger partial charge in [-0.05, 0) is 18.2 Å². The molecule has 0 aliphatic carbocycles. The van der Waals surface area contributed by atoms with Crippen molar-refractivity contribution in [2.24, 2.45) is 0 Å². The van der Waals surface area contributed by atoms with Crippen LogP contribution in [0.25, 0.3) is 0 Å². The van der Waals surface area contributed by atoms with Crippen LogP contribution < -0.4 is 10.1 Å².